The van der Waals surface area contributed by atoms with Crippen LogP contribution in [0.4, 0.5) is 4.39 Å². The normalized spacial score (nSPS) is 11.4. The lowest BCUT2D eigenvalue weighted by Gasteiger charge is -2.34. The second kappa shape index (κ2) is 5.36. The van der Waals surface area contributed by atoms with Crippen LogP contribution in [-0.4, -0.2) is 29.3 Å². The van der Waals surface area contributed by atoms with E-state index in [1.165, 1.54) is 11.0 Å². The van der Waals surface area contributed by atoms with Crippen molar-refractivity contribution in [3.63, 3.8) is 0 Å². The van der Waals surface area contributed by atoms with Gasteiger partial charge in [0.15, 0.2) is 0 Å². The molecule has 0 unspecified atom stereocenters. The maximum atomic E-state index is 13.6. The van der Waals surface area contributed by atoms with E-state index in [1.54, 1.807) is 19.2 Å². The Morgan fingerprint density at radius 2 is 2.12 bits per heavy atom. The topological polar surface area (TPSA) is 20.3 Å². The molecule has 0 aliphatic carbocycles. The van der Waals surface area contributed by atoms with Gasteiger partial charge in [-0.3, -0.25) is 4.79 Å². The average molecular weight is 323 g/mol. The zero-order chi connectivity index (χ0) is 13.2. The highest BCUT2D eigenvalue weighted by atomic mass is 79.9. The summed E-state index contributed by atoms with van der Waals surface area (Å²) >= 11 is 8.98. The van der Waals surface area contributed by atoms with E-state index in [1.807, 2.05) is 13.8 Å². The third-order valence-corrected chi connectivity index (χ3v) is 4.03. The van der Waals surface area contributed by atoms with E-state index in [9.17, 15) is 9.18 Å². The van der Waals surface area contributed by atoms with Crippen molar-refractivity contribution in [2.45, 2.75) is 19.4 Å². The van der Waals surface area contributed by atoms with Gasteiger partial charge >= 0.3 is 0 Å². The van der Waals surface area contributed by atoms with Gasteiger partial charge in [-0.1, -0.05) is 6.07 Å². The van der Waals surface area contributed by atoms with Crippen molar-refractivity contribution in [1.82, 2.24) is 4.90 Å². The first-order valence-corrected chi connectivity index (χ1v) is 6.42. The quantitative estimate of drug-likeness (QED) is 0.777. The van der Waals surface area contributed by atoms with Gasteiger partial charge in [0, 0.05) is 17.4 Å². The summed E-state index contributed by atoms with van der Waals surface area (Å²) < 4.78 is 14.1. The summed E-state index contributed by atoms with van der Waals surface area (Å²) in [4.78, 5) is 13.6. The standard InChI is InChI=1S/C12H14BrClFNO/c1-12(2,7-14)16(3)11(17)10-8(13)5-4-6-9(10)15/h4-6H,7H2,1-3H3. The Kier molecular flexibility index (Phi) is 4.55. The van der Waals surface area contributed by atoms with Crippen LogP contribution in [0.2, 0.25) is 0 Å². The molecule has 5 heteroatoms. The van der Waals surface area contributed by atoms with E-state index in [-0.39, 0.29) is 17.4 Å². The fourth-order valence-corrected chi connectivity index (χ4v) is 1.93. The number of carbonyl (C=O) groups excluding carboxylic acids is 1. The minimum atomic E-state index is -0.540. The Morgan fingerprint density at radius 1 is 1.53 bits per heavy atom. The molecule has 1 aromatic rings. The van der Waals surface area contributed by atoms with Crippen LogP contribution < -0.4 is 0 Å². The lowest BCUT2D eigenvalue weighted by atomic mass is 10.0. The average Bonchev–Trinajstić information content (AvgIpc) is 2.27. The molecule has 0 spiro atoms. The molecule has 1 rings (SSSR count). The largest absolute Gasteiger partial charge is 0.335 e. The second-order valence-electron chi connectivity index (χ2n) is 4.41. The molecule has 1 aromatic carbocycles. The van der Waals surface area contributed by atoms with Gasteiger partial charge in [0.25, 0.3) is 5.91 Å². The number of hydrogen-bond donors (Lipinski definition) is 0. The summed E-state index contributed by atoms with van der Waals surface area (Å²) in [5.41, 5.74) is -0.492. The number of rotatable bonds is 3. The van der Waals surface area contributed by atoms with Gasteiger partial charge in [-0.15, -0.1) is 11.6 Å². The lowest BCUT2D eigenvalue weighted by molar-refractivity contribution is 0.0654. The number of hydrogen-bond acceptors (Lipinski definition) is 1. The minimum absolute atomic E-state index is 0.0354. The van der Waals surface area contributed by atoms with E-state index in [4.69, 9.17) is 11.6 Å². The second-order valence-corrected chi connectivity index (χ2v) is 5.53. The molecule has 17 heavy (non-hydrogen) atoms. The monoisotopic (exact) mass is 321 g/mol. The molecule has 0 aliphatic rings. The molecule has 0 aromatic heterocycles. The molecule has 0 saturated heterocycles. The van der Waals surface area contributed by atoms with E-state index in [0.717, 1.165) is 0 Å². The number of carbonyl (C=O) groups is 1. The number of nitrogens with zero attached hydrogens (tertiary/aromatic N) is 1. The van der Waals surface area contributed by atoms with Crippen LogP contribution in [-0.2, 0) is 0 Å². The van der Waals surface area contributed by atoms with Gasteiger partial charge in [0.1, 0.15) is 5.82 Å². The fraction of sp³-hybridized carbons (Fsp3) is 0.417. The highest BCUT2D eigenvalue weighted by Crippen LogP contribution is 2.24. The highest BCUT2D eigenvalue weighted by molar-refractivity contribution is 9.10. The van der Waals surface area contributed by atoms with Crippen molar-refractivity contribution in [1.29, 1.82) is 0 Å². The summed E-state index contributed by atoms with van der Waals surface area (Å²) in [7, 11) is 1.61. The molecule has 0 saturated carbocycles. The Labute approximate surface area is 114 Å². The van der Waals surface area contributed by atoms with E-state index in [2.05, 4.69) is 15.9 Å². The van der Waals surface area contributed by atoms with Gasteiger partial charge in [0.05, 0.1) is 11.1 Å². The molecule has 0 N–H and O–H groups in total. The summed E-state index contributed by atoms with van der Waals surface area (Å²) in [6.45, 7) is 3.65. The third kappa shape index (κ3) is 2.99. The van der Waals surface area contributed by atoms with Crippen LogP contribution in [0, 0.1) is 5.82 Å². The highest BCUT2D eigenvalue weighted by Gasteiger charge is 2.29. The van der Waals surface area contributed by atoms with Crippen molar-refractivity contribution in [2.24, 2.45) is 0 Å². The van der Waals surface area contributed by atoms with Gasteiger partial charge in [-0.25, -0.2) is 4.39 Å². The predicted octanol–water partition coefficient (Wildman–Crippen LogP) is 3.68. The summed E-state index contributed by atoms with van der Waals surface area (Å²) in [6, 6.07) is 4.44. The summed E-state index contributed by atoms with van der Waals surface area (Å²) in [5.74, 6) is -0.649. The molecular weight excluding hydrogens is 308 g/mol. The fourth-order valence-electron chi connectivity index (χ4n) is 1.23. The molecule has 0 fully saturated rings. The van der Waals surface area contributed by atoms with Crippen molar-refractivity contribution in [3.05, 3.63) is 34.1 Å². The van der Waals surface area contributed by atoms with E-state index in [0.29, 0.717) is 4.47 Å². The zero-order valence-corrected chi connectivity index (χ0v) is 12.3. The van der Waals surface area contributed by atoms with Gasteiger partial charge in [0.2, 0.25) is 0 Å². The third-order valence-electron chi connectivity index (χ3n) is 2.72. The van der Waals surface area contributed by atoms with Crippen LogP contribution >= 0.6 is 27.5 Å². The number of halogens is 3. The van der Waals surface area contributed by atoms with Crippen molar-refractivity contribution >= 4 is 33.4 Å². The zero-order valence-electron chi connectivity index (χ0n) is 9.93. The predicted molar refractivity (Wildman–Crippen MR) is 71.0 cm³/mol. The van der Waals surface area contributed by atoms with Crippen molar-refractivity contribution < 1.29 is 9.18 Å². The minimum Gasteiger partial charge on any atom is -0.335 e. The first-order chi connectivity index (χ1) is 7.81. The molecule has 0 bridgehead atoms. The molecule has 0 heterocycles. The van der Waals surface area contributed by atoms with Crippen molar-refractivity contribution in [2.75, 3.05) is 12.9 Å². The van der Waals surface area contributed by atoms with Gasteiger partial charge in [-0.05, 0) is 41.9 Å². The number of benzene rings is 1. The Hall–Kier alpha value is -0.610. The number of alkyl halides is 1. The maximum Gasteiger partial charge on any atom is 0.258 e. The molecule has 0 radical (unpaired) electrons. The summed E-state index contributed by atoms with van der Waals surface area (Å²) in [5, 5.41) is 0. The molecular formula is C12H14BrClFNO. The Balaban J connectivity index is 3.14. The van der Waals surface area contributed by atoms with Crippen LogP contribution in [0.25, 0.3) is 0 Å². The van der Waals surface area contributed by atoms with Crippen LogP contribution in [0.1, 0.15) is 24.2 Å². The molecule has 1 amide bonds. The van der Waals surface area contributed by atoms with Crippen LogP contribution in [0.3, 0.4) is 0 Å². The summed E-state index contributed by atoms with van der Waals surface area (Å²) in [6.07, 6.45) is 0. The van der Waals surface area contributed by atoms with E-state index < -0.39 is 11.4 Å². The Morgan fingerprint density at radius 3 is 2.59 bits per heavy atom. The lowest BCUT2D eigenvalue weighted by Crippen LogP contribution is -2.46. The smallest absolute Gasteiger partial charge is 0.258 e. The first kappa shape index (κ1) is 14.5. The first-order valence-electron chi connectivity index (χ1n) is 5.09. The Bertz CT molecular complexity index is 416. The SMILES string of the molecule is CN(C(=O)c1c(F)cccc1Br)C(C)(C)CCl. The van der Waals surface area contributed by atoms with Crippen LogP contribution in [0.15, 0.2) is 22.7 Å². The van der Waals surface area contributed by atoms with Crippen molar-refractivity contribution in [3.8, 4) is 0 Å². The molecule has 0 aliphatic heterocycles. The van der Waals surface area contributed by atoms with E-state index >= 15 is 0 Å². The molecule has 0 atom stereocenters. The van der Waals surface area contributed by atoms with Gasteiger partial charge in [-0.2, -0.15) is 0 Å². The molecule has 94 valence electrons. The van der Waals surface area contributed by atoms with Gasteiger partial charge < -0.3 is 4.90 Å². The van der Waals surface area contributed by atoms with Crippen LogP contribution in [0.5, 0.6) is 0 Å². The maximum absolute atomic E-state index is 13.6. The molecule has 2 nitrogen and oxygen atoms in total. The number of amides is 1.